The van der Waals surface area contributed by atoms with Gasteiger partial charge in [-0.3, -0.25) is 0 Å². The molecule has 0 radical (unpaired) electrons. The zero-order valence-corrected chi connectivity index (χ0v) is 11.3. The molecular weight excluding hydrogens is 254 g/mol. The Labute approximate surface area is 117 Å². The molecule has 0 spiro atoms. The molecule has 2 rings (SSSR count). The minimum absolute atomic E-state index is 0.511. The summed E-state index contributed by atoms with van der Waals surface area (Å²) in [4.78, 5) is 0. The van der Waals surface area contributed by atoms with E-state index in [9.17, 15) is 5.11 Å². The van der Waals surface area contributed by atoms with Gasteiger partial charge in [0.15, 0.2) is 0 Å². The molecule has 1 atom stereocenters. The van der Waals surface area contributed by atoms with Gasteiger partial charge in [0.05, 0.1) is 25.9 Å². The van der Waals surface area contributed by atoms with Crippen LogP contribution in [-0.4, -0.2) is 19.3 Å². The first kappa shape index (κ1) is 13.9. The van der Waals surface area contributed by atoms with Gasteiger partial charge in [-0.1, -0.05) is 12.1 Å². The average Bonchev–Trinajstić information content (AvgIpc) is 2.53. The Kier molecular flexibility index (Phi) is 4.24. The first-order valence-corrected chi connectivity index (χ1v) is 6.09. The average molecular weight is 269 g/mol. The van der Waals surface area contributed by atoms with E-state index >= 15 is 0 Å². The van der Waals surface area contributed by atoms with Crippen LogP contribution in [0.1, 0.15) is 22.8 Å². The van der Waals surface area contributed by atoms with Crippen LogP contribution in [0.3, 0.4) is 0 Å². The van der Waals surface area contributed by atoms with Crippen molar-refractivity contribution in [1.29, 1.82) is 5.26 Å². The molecule has 0 aliphatic rings. The first-order valence-electron chi connectivity index (χ1n) is 6.09. The summed E-state index contributed by atoms with van der Waals surface area (Å²) >= 11 is 0. The van der Waals surface area contributed by atoms with Gasteiger partial charge in [0.2, 0.25) is 0 Å². The normalized spacial score (nSPS) is 11.5. The van der Waals surface area contributed by atoms with E-state index < -0.39 is 6.10 Å². The smallest absolute Gasteiger partial charge is 0.122 e. The van der Waals surface area contributed by atoms with Crippen molar-refractivity contribution in [3.63, 3.8) is 0 Å². The Bertz CT molecular complexity index is 624. The molecule has 0 aromatic heterocycles. The highest BCUT2D eigenvalue weighted by molar-refractivity contribution is 5.43. The maximum Gasteiger partial charge on any atom is 0.122 e. The van der Waals surface area contributed by atoms with Crippen molar-refractivity contribution in [1.82, 2.24) is 0 Å². The third-order valence-electron chi connectivity index (χ3n) is 3.02. The molecular formula is C16H15NO3. The lowest BCUT2D eigenvalue weighted by Crippen LogP contribution is -2.01. The first-order chi connectivity index (χ1) is 9.67. The third-order valence-corrected chi connectivity index (χ3v) is 3.02. The highest BCUT2D eigenvalue weighted by Crippen LogP contribution is 2.30. The summed E-state index contributed by atoms with van der Waals surface area (Å²) in [5.74, 6) is 1.21. The van der Waals surface area contributed by atoms with Gasteiger partial charge in [-0.25, -0.2) is 0 Å². The molecule has 1 N–H and O–H groups in total. The van der Waals surface area contributed by atoms with Gasteiger partial charge in [0.1, 0.15) is 17.6 Å². The molecule has 102 valence electrons. The molecule has 20 heavy (non-hydrogen) atoms. The maximum absolute atomic E-state index is 10.4. The maximum atomic E-state index is 10.4. The molecule has 0 fully saturated rings. The van der Waals surface area contributed by atoms with Gasteiger partial charge in [0, 0.05) is 6.07 Å². The molecule has 0 saturated heterocycles. The van der Waals surface area contributed by atoms with Crippen LogP contribution < -0.4 is 9.47 Å². The van der Waals surface area contributed by atoms with Gasteiger partial charge in [-0.15, -0.1) is 0 Å². The van der Waals surface area contributed by atoms with Crippen molar-refractivity contribution in [3.05, 3.63) is 59.2 Å². The minimum atomic E-state index is -0.840. The fourth-order valence-electron chi connectivity index (χ4n) is 1.96. The second-order valence-electron chi connectivity index (χ2n) is 4.29. The van der Waals surface area contributed by atoms with E-state index in [1.807, 2.05) is 0 Å². The number of aliphatic hydroxyl groups excluding tert-OH is 1. The molecule has 0 heterocycles. The van der Waals surface area contributed by atoms with E-state index in [1.54, 1.807) is 56.7 Å². The van der Waals surface area contributed by atoms with Gasteiger partial charge in [0.25, 0.3) is 0 Å². The number of ether oxygens (including phenoxy) is 2. The monoisotopic (exact) mass is 269 g/mol. The predicted molar refractivity (Wildman–Crippen MR) is 74.8 cm³/mol. The van der Waals surface area contributed by atoms with Crippen molar-refractivity contribution >= 4 is 0 Å². The molecule has 4 nitrogen and oxygen atoms in total. The zero-order valence-electron chi connectivity index (χ0n) is 11.3. The highest BCUT2D eigenvalue weighted by Gasteiger charge is 2.13. The van der Waals surface area contributed by atoms with Crippen LogP contribution in [0, 0.1) is 11.3 Å². The second-order valence-corrected chi connectivity index (χ2v) is 4.29. The second kappa shape index (κ2) is 6.09. The summed E-state index contributed by atoms with van der Waals surface area (Å²) in [6, 6.07) is 14.2. The Balaban J connectivity index is 2.41. The Hall–Kier alpha value is -2.51. The lowest BCUT2D eigenvalue weighted by Gasteiger charge is -2.14. The largest absolute Gasteiger partial charge is 0.497 e. The molecule has 2 aromatic rings. The Morgan fingerprint density at radius 1 is 1.00 bits per heavy atom. The topological polar surface area (TPSA) is 62.5 Å². The van der Waals surface area contributed by atoms with Crippen LogP contribution in [0.2, 0.25) is 0 Å². The van der Waals surface area contributed by atoms with Crippen LogP contribution in [-0.2, 0) is 0 Å². The molecule has 1 unspecified atom stereocenters. The van der Waals surface area contributed by atoms with Crippen LogP contribution in [0.5, 0.6) is 11.5 Å². The van der Waals surface area contributed by atoms with Crippen molar-refractivity contribution in [2.75, 3.05) is 14.2 Å². The summed E-state index contributed by atoms with van der Waals surface area (Å²) in [6.07, 6.45) is -0.840. The number of benzene rings is 2. The number of nitriles is 1. The van der Waals surface area contributed by atoms with E-state index in [2.05, 4.69) is 6.07 Å². The van der Waals surface area contributed by atoms with Gasteiger partial charge in [-0.2, -0.15) is 5.26 Å². The van der Waals surface area contributed by atoms with E-state index in [4.69, 9.17) is 14.7 Å². The minimum Gasteiger partial charge on any atom is -0.497 e. The predicted octanol–water partition coefficient (Wildman–Crippen LogP) is 2.66. The SMILES string of the molecule is COc1cc(OC)cc(C(O)c2cccc(C#N)c2)c1. The van der Waals surface area contributed by atoms with E-state index in [-0.39, 0.29) is 0 Å². The fraction of sp³-hybridized carbons (Fsp3) is 0.188. The molecule has 0 amide bonds. The van der Waals surface area contributed by atoms with Crippen molar-refractivity contribution in [2.24, 2.45) is 0 Å². The standard InChI is InChI=1S/C16H15NO3/c1-19-14-7-13(8-15(9-14)20-2)16(18)12-5-3-4-11(6-12)10-17/h3-9,16,18H,1-2H3. The molecule has 0 aliphatic heterocycles. The lowest BCUT2D eigenvalue weighted by atomic mass is 9.99. The molecule has 0 saturated carbocycles. The molecule has 0 bridgehead atoms. The summed E-state index contributed by atoms with van der Waals surface area (Å²) in [6.45, 7) is 0. The van der Waals surface area contributed by atoms with Crippen molar-refractivity contribution in [3.8, 4) is 17.6 Å². The van der Waals surface area contributed by atoms with Crippen LogP contribution >= 0.6 is 0 Å². The van der Waals surface area contributed by atoms with E-state index in [0.29, 0.717) is 28.2 Å². The lowest BCUT2D eigenvalue weighted by molar-refractivity contribution is 0.219. The zero-order chi connectivity index (χ0) is 14.5. The van der Waals surface area contributed by atoms with E-state index in [1.165, 1.54) is 0 Å². The van der Waals surface area contributed by atoms with Gasteiger partial charge >= 0.3 is 0 Å². The summed E-state index contributed by atoms with van der Waals surface area (Å²) in [7, 11) is 3.11. The van der Waals surface area contributed by atoms with Crippen LogP contribution in [0.25, 0.3) is 0 Å². The third kappa shape index (κ3) is 2.90. The number of nitrogens with zero attached hydrogens (tertiary/aromatic N) is 1. The summed E-state index contributed by atoms with van der Waals surface area (Å²) in [5.41, 5.74) is 1.81. The number of aliphatic hydroxyl groups is 1. The van der Waals surface area contributed by atoms with Gasteiger partial charge < -0.3 is 14.6 Å². The van der Waals surface area contributed by atoms with Crippen LogP contribution in [0.4, 0.5) is 0 Å². The Morgan fingerprint density at radius 2 is 1.65 bits per heavy atom. The molecule has 4 heteroatoms. The van der Waals surface area contributed by atoms with E-state index in [0.717, 1.165) is 0 Å². The van der Waals surface area contributed by atoms with Crippen molar-refractivity contribution in [2.45, 2.75) is 6.10 Å². The quantitative estimate of drug-likeness (QED) is 0.926. The van der Waals surface area contributed by atoms with Crippen LogP contribution in [0.15, 0.2) is 42.5 Å². The van der Waals surface area contributed by atoms with Crippen molar-refractivity contribution < 1.29 is 14.6 Å². The summed E-state index contributed by atoms with van der Waals surface area (Å²) < 4.78 is 10.4. The Morgan fingerprint density at radius 3 is 2.20 bits per heavy atom. The summed E-state index contributed by atoms with van der Waals surface area (Å²) in [5, 5.41) is 19.3. The number of methoxy groups -OCH3 is 2. The fourth-order valence-corrected chi connectivity index (χ4v) is 1.96. The number of rotatable bonds is 4. The molecule has 2 aromatic carbocycles. The van der Waals surface area contributed by atoms with Gasteiger partial charge in [-0.05, 0) is 35.4 Å². The highest BCUT2D eigenvalue weighted by atomic mass is 16.5. The molecule has 0 aliphatic carbocycles. The number of hydrogen-bond donors (Lipinski definition) is 1. The number of hydrogen-bond acceptors (Lipinski definition) is 4.